The molecule has 74 valence electrons. The number of benzene rings is 1. The summed E-state index contributed by atoms with van der Waals surface area (Å²) in [7, 11) is 0. The molecule has 0 bridgehead atoms. The number of nitrogens with zero attached hydrogens (tertiary/aromatic N) is 1. The van der Waals surface area contributed by atoms with Gasteiger partial charge >= 0.3 is 0 Å². The van der Waals surface area contributed by atoms with Crippen molar-refractivity contribution in [2.75, 3.05) is 0 Å². The molecule has 1 rings (SSSR count). The molecule has 0 aliphatic heterocycles. The van der Waals surface area contributed by atoms with Crippen LogP contribution in [0.15, 0.2) is 22.7 Å². The Bertz CT molecular complexity index is 395. The largest absolute Gasteiger partial charge is 0.393 e. The van der Waals surface area contributed by atoms with E-state index < -0.39 is 4.92 Å². The predicted molar refractivity (Wildman–Crippen MR) is 61.3 cm³/mol. The first-order valence-corrected chi connectivity index (χ1v) is 4.92. The third kappa shape index (κ3) is 2.49. The van der Waals surface area contributed by atoms with Crippen LogP contribution in [-0.2, 0) is 6.42 Å². The SMILES string of the molecule is NC(=S)Cc1cccc([N+](=O)[O-])c1Br. The van der Waals surface area contributed by atoms with E-state index in [0.29, 0.717) is 15.9 Å². The summed E-state index contributed by atoms with van der Waals surface area (Å²) < 4.78 is 0.442. The Kier molecular flexibility index (Phi) is 3.54. The van der Waals surface area contributed by atoms with E-state index in [1.165, 1.54) is 6.07 Å². The standard InChI is InChI=1S/C8H7BrN2O2S/c9-8-5(4-7(10)14)2-1-3-6(8)11(12)13/h1-3H,4H2,(H2,10,14). The van der Waals surface area contributed by atoms with Gasteiger partial charge in [0.15, 0.2) is 0 Å². The molecule has 0 unspecified atom stereocenters. The normalized spacial score (nSPS) is 9.79. The van der Waals surface area contributed by atoms with Crippen molar-refractivity contribution in [1.29, 1.82) is 0 Å². The molecule has 0 spiro atoms. The van der Waals surface area contributed by atoms with E-state index in [2.05, 4.69) is 15.9 Å². The van der Waals surface area contributed by atoms with E-state index in [1.54, 1.807) is 12.1 Å². The van der Waals surface area contributed by atoms with Crippen molar-refractivity contribution >= 4 is 38.8 Å². The smallest absolute Gasteiger partial charge is 0.283 e. The average Bonchev–Trinajstić information content (AvgIpc) is 2.07. The van der Waals surface area contributed by atoms with E-state index in [9.17, 15) is 10.1 Å². The highest BCUT2D eigenvalue weighted by Crippen LogP contribution is 2.28. The third-order valence-corrected chi connectivity index (χ3v) is 2.68. The van der Waals surface area contributed by atoms with Gasteiger partial charge in [0.25, 0.3) is 5.69 Å². The minimum absolute atomic E-state index is 0.0266. The highest BCUT2D eigenvalue weighted by atomic mass is 79.9. The van der Waals surface area contributed by atoms with Gasteiger partial charge in [-0.1, -0.05) is 24.4 Å². The molecule has 0 saturated heterocycles. The fourth-order valence-electron chi connectivity index (χ4n) is 1.03. The lowest BCUT2D eigenvalue weighted by Crippen LogP contribution is -2.11. The molecule has 14 heavy (non-hydrogen) atoms. The fourth-order valence-corrected chi connectivity index (χ4v) is 1.74. The second-order valence-corrected chi connectivity index (χ2v) is 3.97. The Balaban J connectivity index is 3.13. The van der Waals surface area contributed by atoms with Crippen LogP contribution in [0.2, 0.25) is 0 Å². The second-order valence-electron chi connectivity index (χ2n) is 2.65. The molecular formula is C8H7BrN2O2S. The highest BCUT2D eigenvalue weighted by molar-refractivity contribution is 9.10. The molecule has 0 aromatic heterocycles. The van der Waals surface area contributed by atoms with Gasteiger partial charge in [0.1, 0.15) is 0 Å². The molecule has 6 heteroatoms. The van der Waals surface area contributed by atoms with E-state index in [4.69, 9.17) is 18.0 Å². The number of nitrogens with two attached hydrogens (primary N) is 1. The molecule has 4 nitrogen and oxygen atoms in total. The average molecular weight is 275 g/mol. The molecule has 0 heterocycles. The zero-order valence-corrected chi connectivity index (χ0v) is 9.47. The van der Waals surface area contributed by atoms with Crippen LogP contribution in [0.25, 0.3) is 0 Å². The van der Waals surface area contributed by atoms with E-state index >= 15 is 0 Å². The molecule has 0 atom stereocenters. The van der Waals surface area contributed by atoms with Gasteiger partial charge in [0.2, 0.25) is 0 Å². The molecule has 1 aromatic carbocycles. The van der Waals surface area contributed by atoms with Crippen LogP contribution in [0.4, 0.5) is 5.69 Å². The van der Waals surface area contributed by atoms with Crippen LogP contribution in [0, 0.1) is 10.1 Å². The molecule has 0 amide bonds. The summed E-state index contributed by atoms with van der Waals surface area (Å²) in [5.74, 6) is 0. The first-order valence-electron chi connectivity index (χ1n) is 3.72. The van der Waals surface area contributed by atoms with Crippen LogP contribution in [0.1, 0.15) is 5.56 Å². The molecular weight excluding hydrogens is 268 g/mol. The summed E-state index contributed by atoms with van der Waals surface area (Å²) in [4.78, 5) is 10.4. The fraction of sp³-hybridized carbons (Fsp3) is 0.125. The van der Waals surface area contributed by atoms with Crippen molar-refractivity contribution in [3.63, 3.8) is 0 Å². The number of hydrogen-bond acceptors (Lipinski definition) is 3. The van der Waals surface area contributed by atoms with Crippen LogP contribution >= 0.6 is 28.1 Å². The van der Waals surface area contributed by atoms with Crippen LogP contribution in [0.5, 0.6) is 0 Å². The topological polar surface area (TPSA) is 69.2 Å². The summed E-state index contributed by atoms with van der Waals surface area (Å²) in [6, 6.07) is 4.78. The number of rotatable bonds is 3. The predicted octanol–water partition coefficient (Wildman–Crippen LogP) is 2.19. The Morgan fingerprint density at radius 3 is 2.79 bits per heavy atom. The Labute approximate surface area is 94.4 Å². The van der Waals surface area contributed by atoms with Crippen molar-refractivity contribution in [2.24, 2.45) is 5.73 Å². The van der Waals surface area contributed by atoms with E-state index in [0.717, 1.165) is 5.56 Å². The van der Waals surface area contributed by atoms with Crippen molar-refractivity contribution in [3.8, 4) is 0 Å². The minimum atomic E-state index is -0.451. The highest BCUT2D eigenvalue weighted by Gasteiger charge is 2.14. The van der Waals surface area contributed by atoms with Crippen LogP contribution < -0.4 is 5.73 Å². The monoisotopic (exact) mass is 274 g/mol. The molecule has 0 saturated carbocycles. The Morgan fingerprint density at radius 2 is 2.29 bits per heavy atom. The maximum atomic E-state index is 10.6. The molecule has 2 N–H and O–H groups in total. The molecule has 0 radical (unpaired) electrons. The van der Waals surface area contributed by atoms with Crippen LogP contribution in [-0.4, -0.2) is 9.91 Å². The van der Waals surface area contributed by atoms with Gasteiger partial charge in [-0.15, -0.1) is 0 Å². The van der Waals surface area contributed by atoms with Gasteiger partial charge in [-0.25, -0.2) is 0 Å². The lowest BCUT2D eigenvalue weighted by Gasteiger charge is -2.02. The lowest BCUT2D eigenvalue weighted by molar-refractivity contribution is -0.385. The van der Waals surface area contributed by atoms with Crippen LogP contribution in [0.3, 0.4) is 0 Å². The van der Waals surface area contributed by atoms with Crippen molar-refractivity contribution < 1.29 is 4.92 Å². The summed E-state index contributed by atoms with van der Waals surface area (Å²) >= 11 is 7.89. The van der Waals surface area contributed by atoms with Gasteiger partial charge < -0.3 is 5.73 Å². The van der Waals surface area contributed by atoms with E-state index in [-0.39, 0.29) is 5.69 Å². The van der Waals surface area contributed by atoms with E-state index in [1.807, 2.05) is 0 Å². The Morgan fingerprint density at radius 1 is 1.64 bits per heavy atom. The van der Waals surface area contributed by atoms with Gasteiger partial charge in [-0.3, -0.25) is 10.1 Å². The Hall–Kier alpha value is -1.01. The van der Waals surface area contributed by atoms with Gasteiger partial charge in [0, 0.05) is 12.5 Å². The first-order chi connectivity index (χ1) is 6.52. The van der Waals surface area contributed by atoms with Crippen molar-refractivity contribution in [3.05, 3.63) is 38.3 Å². The first kappa shape index (κ1) is 11.1. The number of hydrogen-bond donors (Lipinski definition) is 1. The maximum absolute atomic E-state index is 10.6. The molecule has 1 aromatic rings. The molecule has 0 aliphatic rings. The van der Waals surface area contributed by atoms with Gasteiger partial charge in [-0.05, 0) is 21.5 Å². The number of nitro groups is 1. The number of thiocarbonyl (C=S) groups is 1. The molecule has 0 aliphatic carbocycles. The second kappa shape index (κ2) is 4.47. The van der Waals surface area contributed by atoms with Gasteiger partial charge in [-0.2, -0.15) is 0 Å². The third-order valence-electron chi connectivity index (χ3n) is 1.62. The summed E-state index contributed by atoms with van der Waals surface area (Å²) in [6.45, 7) is 0. The minimum Gasteiger partial charge on any atom is -0.393 e. The summed E-state index contributed by atoms with van der Waals surface area (Å²) in [5, 5.41) is 10.6. The lowest BCUT2D eigenvalue weighted by atomic mass is 10.1. The molecule has 0 fully saturated rings. The van der Waals surface area contributed by atoms with Crippen molar-refractivity contribution in [2.45, 2.75) is 6.42 Å². The summed E-state index contributed by atoms with van der Waals surface area (Å²) in [5.41, 5.74) is 6.12. The van der Waals surface area contributed by atoms with Gasteiger partial charge in [0.05, 0.1) is 14.4 Å². The summed E-state index contributed by atoms with van der Waals surface area (Å²) in [6.07, 6.45) is 0.359. The zero-order valence-electron chi connectivity index (χ0n) is 7.07. The quantitative estimate of drug-likeness (QED) is 0.521. The maximum Gasteiger partial charge on any atom is 0.283 e. The van der Waals surface area contributed by atoms with Crippen molar-refractivity contribution in [1.82, 2.24) is 0 Å². The number of nitro benzene ring substituents is 1. The zero-order chi connectivity index (χ0) is 10.7. The number of halogens is 1.